The lowest BCUT2D eigenvalue weighted by Gasteiger charge is -2.09. The van der Waals surface area contributed by atoms with Crippen molar-refractivity contribution >= 4 is 28.3 Å². The summed E-state index contributed by atoms with van der Waals surface area (Å²) >= 11 is 0. The molecule has 0 saturated carbocycles. The van der Waals surface area contributed by atoms with Crippen molar-refractivity contribution < 1.29 is 19.1 Å². The fourth-order valence-electron chi connectivity index (χ4n) is 2.64. The Morgan fingerprint density at radius 3 is 2.42 bits per heavy atom. The number of ether oxygens (including phenoxy) is 2. The van der Waals surface area contributed by atoms with Gasteiger partial charge in [0.2, 0.25) is 0 Å². The van der Waals surface area contributed by atoms with Crippen molar-refractivity contribution in [2.75, 3.05) is 19.0 Å². The third-order valence-corrected chi connectivity index (χ3v) is 3.90. The van der Waals surface area contributed by atoms with Crippen LogP contribution in [-0.2, 0) is 20.9 Å². The highest BCUT2D eigenvalue weighted by Crippen LogP contribution is 2.22. The molecule has 0 aliphatic carbocycles. The normalized spacial score (nSPS) is 10.5. The van der Waals surface area contributed by atoms with E-state index in [9.17, 15) is 9.59 Å². The molecule has 0 aliphatic rings. The molecule has 132 valence electrons. The van der Waals surface area contributed by atoms with Gasteiger partial charge in [-0.05, 0) is 29.1 Å². The molecule has 5 nitrogen and oxygen atoms in total. The first kappa shape index (κ1) is 17.6. The highest BCUT2D eigenvalue weighted by Gasteiger charge is 2.11. The molecule has 3 rings (SSSR count). The maximum absolute atomic E-state index is 12.1. The van der Waals surface area contributed by atoms with Crippen LogP contribution < -0.4 is 5.32 Å². The van der Waals surface area contributed by atoms with Gasteiger partial charge in [0, 0.05) is 18.2 Å². The molecule has 26 heavy (non-hydrogen) atoms. The van der Waals surface area contributed by atoms with E-state index in [2.05, 4.69) is 5.32 Å². The lowest BCUT2D eigenvalue weighted by atomic mass is 10.1. The summed E-state index contributed by atoms with van der Waals surface area (Å²) in [6.45, 7) is 0.130. The van der Waals surface area contributed by atoms with Crippen molar-refractivity contribution in [1.82, 2.24) is 0 Å². The fourth-order valence-corrected chi connectivity index (χ4v) is 2.64. The lowest BCUT2D eigenvalue weighted by Crippen LogP contribution is -2.21. The van der Waals surface area contributed by atoms with Crippen molar-refractivity contribution in [3.8, 4) is 0 Å². The van der Waals surface area contributed by atoms with E-state index in [0.29, 0.717) is 17.9 Å². The van der Waals surface area contributed by atoms with Crippen LogP contribution in [0, 0.1) is 0 Å². The molecular formula is C21H19NO4. The van der Waals surface area contributed by atoms with Gasteiger partial charge in [0.15, 0.2) is 6.61 Å². The number of methoxy groups -OCH3 is 1. The molecule has 1 amide bonds. The highest BCUT2D eigenvalue weighted by molar-refractivity contribution is 6.03. The Balaban J connectivity index is 1.59. The standard InChI is InChI=1S/C21H19NO4/c1-25-13-15-9-11-17(12-10-15)21(24)26-14-20(23)22-19-8-4-6-16-5-2-3-7-18(16)19/h2-12H,13-14H2,1H3,(H,22,23). The zero-order valence-corrected chi connectivity index (χ0v) is 14.4. The summed E-state index contributed by atoms with van der Waals surface area (Å²) in [7, 11) is 1.61. The molecule has 0 radical (unpaired) electrons. The molecule has 1 N–H and O–H groups in total. The molecule has 0 bridgehead atoms. The Morgan fingerprint density at radius 1 is 0.923 bits per heavy atom. The number of amides is 1. The van der Waals surface area contributed by atoms with Gasteiger partial charge in [0.05, 0.1) is 12.2 Å². The molecule has 5 heteroatoms. The van der Waals surface area contributed by atoms with E-state index in [4.69, 9.17) is 9.47 Å². The monoisotopic (exact) mass is 349 g/mol. The van der Waals surface area contributed by atoms with E-state index in [0.717, 1.165) is 16.3 Å². The first-order valence-electron chi connectivity index (χ1n) is 8.20. The SMILES string of the molecule is COCc1ccc(C(=O)OCC(=O)Nc2cccc3ccccc23)cc1. The van der Waals surface area contributed by atoms with Crippen molar-refractivity contribution in [2.24, 2.45) is 0 Å². The molecule has 3 aromatic carbocycles. The van der Waals surface area contributed by atoms with Crippen molar-refractivity contribution in [3.05, 3.63) is 77.9 Å². The summed E-state index contributed by atoms with van der Waals surface area (Å²) in [6.07, 6.45) is 0. The third-order valence-electron chi connectivity index (χ3n) is 3.90. The molecule has 3 aromatic rings. The summed E-state index contributed by atoms with van der Waals surface area (Å²) in [5.41, 5.74) is 2.04. The number of esters is 1. The molecule has 0 aliphatic heterocycles. The molecular weight excluding hydrogens is 330 g/mol. The minimum Gasteiger partial charge on any atom is -0.452 e. The van der Waals surface area contributed by atoms with Gasteiger partial charge in [-0.15, -0.1) is 0 Å². The van der Waals surface area contributed by atoms with Gasteiger partial charge < -0.3 is 14.8 Å². The van der Waals surface area contributed by atoms with Gasteiger partial charge >= 0.3 is 5.97 Å². The van der Waals surface area contributed by atoms with Crippen LogP contribution in [0.25, 0.3) is 10.8 Å². The van der Waals surface area contributed by atoms with E-state index in [1.54, 1.807) is 31.4 Å². The topological polar surface area (TPSA) is 64.6 Å². The van der Waals surface area contributed by atoms with Crippen LogP contribution in [0.15, 0.2) is 66.7 Å². The Morgan fingerprint density at radius 2 is 1.65 bits per heavy atom. The molecule has 0 fully saturated rings. The first-order valence-corrected chi connectivity index (χ1v) is 8.20. The van der Waals surface area contributed by atoms with Gasteiger partial charge in [-0.3, -0.25) is 4.79 Å². The first-order chi connectivity index (χ1) is 12.7. The van der Waals surface area contributed by atoms with Crippen LogP contribution in [0.5, 0.6) is 0 Å². The van der Waals surface area contributed by atoms with Gasteiger partial charge in [-0.1, -0.05) is 48.5 Å². The Labute approximate surface area is 151 Å². The summed E-state index contributed by atoms with van der Waals surface area (Å²) in [6, 6.07) is 20.3. The molecule has 0 spiro atoms. The largest absolute Gasteiger partial charge is 0.452 e. The number of carbonyl (C=O) groups excluding carboxylic acids is 2. The summed E-state index contributed by atoms with van der Waals surface area (Å²) < 4.78 is 10.1. The molecule has 0 atom stereocenters. The second-order valence-electron chi connectivity index (χ2n) is 5.78. The van der Waals surface area contributed by atoms with E-state index in [1.165, 1.54) is 0 Å². The van der Waals surface area contributed by atoms with Gasteiger partial charge in [-0.2, -0.15) is 0 Å². The van der Waals surface area contributed by atoms with Crippen molar-refractivity contribution in [3.63, 3.8) is 0 Å². The van der Waals surface area contributed by atoms with Crippen molar-refractivity contribution in [2.45, 2.75) is 6.61 Å². The predicted molar refractivity (Wildman–Crippen MR) is 100 cm³/mol. The number of hydrogen-bond acceptors (Lipinski definition) is 4. The number of benzene rings is 3. The number of carbonyl (C=O) groups is 2. The summed E-state index contributed by atoms with van der Waals surface area (Å²) in [4.78, 5) is 24.2. The summed E-state index contributed by atoms with van der Waals surface area (Å²) in [5, 5.41) is 4.74. The van der Waals surface area contributed by atoms with E-state index in [1.807, 2.05) is 42.5 Å². The van der Waals surface area contributed by atoms with E-state index < -0.39 is 5.97 Å². The number of fused-ring (bicyclic) bond motifs is 1. The molecule has 0 unspecified atom stereocenters. The minimum absolute atomic E-state index is 0.345. The third kappa shape index (κ3) is 4.26. The number of hydrogen-bond donors (Lipinski definition) is 1. The van der Waals surface area contributed by atoms with Gasteiger partial charge in [0.25, 0.3) is 5.91 Å². The quantitative estimate of drug-likeness (QED) is 0.688. The molecule has 0 saturated heterocycles. The van der Waals surface area contributed by atoms with E-state index >= 15 is 0 Å². The predicted octanol–water partition coefficient (Wildman–Crippen LogP) is 3.78. The Bertz CT molecular complexity index is 913. The lowest BCUT2D eigenvalue weighted by molar-refractivity contribution is -0.119. The van der Waals surface area contributed by atoms with Crippen LogP contribution >= 0.6 is 0 Å². The molecule has 0 aromatic heterocycles. The zero-order valence-electron chi connectivity index (χ0n) is 14.4. The number of rotatable bonds is 6. The smallest absolute Gasteiger partial charge is 0.338 e. The maximum Gasteiger partial charge on any atom is 0.338 e. The maximum atomic E-state index is 12.1. The van der Waals surface area contributed by atoms with Crippen LogP contribution in [0.3, 0.4) is 0 Å². The Hall–Kier alpha value is -3.18. The van der Waals surface area contributed by atoms with Crippen LogP contribution in [0.2, 0.25) is 0 Å². The fraction of sp³-hybridized carbons (Fsp3) is 0.143. The molecule has 0 heterocycles. The minimum atomic E-state index is -0.540. The van der Waals surface area contributed by atoms with Gasteiger partial charge in [0.1, 0.15) is 0 Å². The van der Waals surface area contributed by atoms with E-state index in [-0.39, 0.29) is 12.5 Å². The second-order valence-corrected chi connectivity index (χ2v) is 5.78. The average Bonchev–Trinajstić information content (AvgIpc) is 2.67. The van der Waals surface area contributed by atoms with Gasteiger partial charge in [-0.25, -0.2) is 4.79 Å². The number of anilines is 1. The van der Waals surface area contributed by atoms with Crippen LogP contribution in [-0.4, -0.2) is 25.6 Å². The zero-order chi connectivity index (χ0) is 18.4. The van der Waals surface area contributed by atoms with Crippen LogP contribution in [0.4, 0.5) is 5.69 Å². The highest BCUT2D eigenvalue weighted by atomic mass is 16.5. The Kier molecular flexibility index (Phi) is 5.61. The van der Waals surface area contributed by atoms with Crippen LogP contribution in [0.1, 0.15) is 15.9 Å². The number of nitrogens with one attached hydrogen (secondary N) is 1. The van der Waals surface area contributed by atoms with Crippen molar-refractivity contribution in [1.29, 1.82) is 0 Å². The summed E-state index contributed by atoms with van der Waals surface area (Å²) in [5.74, 6) is -0.923. The second kappa shape index (κ2) is 8.27. The average molecular weight is 349 g/mol.